The van der Waals surface area contributed by atoms with Crippen molar-refractivity contribution in [3.05, 3.63) is 89.5 Å². The highest BCUT2D eigenvalue weighted by Crippen LogP contribution is 2.34. The van der Waals surface area contributed by atoms with Crippen molar-refractivity contribution >= 4 is 23.0 Å². The molecule has 0 saturated carbocycles. The van der Waals surface area contributed by atoms with Crippen LogP contribution < -0.4 is 4.90 Å². The highest BCUT2D eigenvalue weighted by atomic mass is 16.4. The number of benzene rings is 3. The van der Waals surface area contributed by atoms with Crippen LogP contribution in [-0.4, -0.2) is 11.1 Å². The van der Waals surface area contributed by atoms with Crippen molar-refractivity contribution in [1.82, 2.24) is 0 Å². The number of carboxylic acids is 1. The Morgan fingerprint density at radius 3 is 1.50 bits per heavy atom. The summed E-state index contributed by atoms with van der Waals surface area (Å²) in [5.74, 6) is 3.65. The fraction of sp³-hybridized carbons (Fsp3) is 0.0870. The maximum absolute atomic E-state index is 10.6. The molecule has 0 aromatic heterocycles. The smallest absolute Gasteiger partial charge is 0.382 e. The quantitative estimate of drug-likeness (QED) is 0.665. The van der Waals surface area contributed by atoms with E-state index in [-0.39, 0.29) is 0 Å². The fourth-order valence-corrected chi connectivity index (χ4v) is 2.65. The van der Waals surface area contributed by atoms with Gasteiger partial charge in [-0.25, -0.2) is 4.79 Å². The van der Waals surface area contributed by atoms with Crippen molar-refractivity contribution in [2.45, 2.75) is 13.8 Å². The van der Waals surface area contributed by atoms with E-state index in [1.165, 1.54) is 11.1 Å². The molecular formula is C23H19NO2. The summed E-state index contributed by atoms with van der Waals surface area (Å²) in [5.41, 5.74) is 6.18. The number of hydrogen-bond acceptors (Lipinski definition) is 2. The van der Waals surface area contributed by atoms with Crippen molar-refractivity contribution in [1.29, 1.82) is 0 Å². The van der Waals surface area contributed by atoms with Crippen LogP contribution in [0.15, 0.2) is 72.8 Å². The van der Waals surface area contributed by atoms with Gasteiger partial charge in [0.25, 0.3) is 0 Å². The van der Waals surface area contributed by atoms with Gasteiger partial charge in [-0.1, -0.05) is 41.3 Å². The molecule has 3 aromatic rings. The van der Waals surface area contributed by atoms with Crippen LogP contribution in [0.2, 0.25) is 0 Å². The summed E-state index contributed by atoms with van der Waals surface area (Å²) in [4.78, 5) is 12.8. The van der Waals surface area contributed by atoms with Gasteiger partial charge in [-0.05, 0) is 62.4 Å². The Morgan fingerprint density at radius 2 is 1.12 bits per heavy atom. The number of nitrogens with zero attached hydrogens (tertiary/aromatic N) is 1. The molecule has 3 rings (SSSR count). The van der Waals surface area contributed by atoms with Gasteiger partial charge >= 0.3 is 5.97 Å². The monoisotopic (exact) mass is 341 g/mol. The number of rotatable bonds is 3. The normalized spacial score (nSPS) is 9.92. The van der Waals surface area contributed by atoms with Gasteiger partial charge in [-0.3, -0.25) is 0 Å². The van der Waals surface area contributed by atoms with Crippen molar-refractivity contribution in [3.63, 3.8) is 0 Å². The molecule has 0 atom stereocenters. The van der Waals surface area contributed by atoms with Crippen LogP contribution in [0.3, 0.4) is 0 Å². The first-order valence-electron chi connectivity index (χ1n) is 8.31. The van der Waals surface area contributed by atoms with Gasteiger partial charge < -0.3 is 10.0 Å². The van der Waals surface area contributed by atoms with Crippen molar-refractivity contribution < 1.29 is 9.90 Å². The Labute approximate surface area is 153 Å². The second-order valence-corrected chi connectivity index (χ2v) is 6.11. The van der Waals surface area contributed by atoms with Crippen molar-refractivity contribution in [2.24, 2.45) is 0 Å². The van der Waals surface area contributed by atoms with E-state index in [1.807, 2.05) is 24.3 Å². The number of aryl methyl sites for hydroxylation is 2. The van der Waals surface area contributed by atoms with Crippen LogP contribution in [0.4, 0.5) is 17.1 Å². The molecule has 0 bridgehead atoms. The zero-order valence-electron chi connectivity index (χ0n) is 14.7. The first-order chi connectivity index (χ1) is 12.5. The molecule has 0 fully saturated rings. The molecule has 0 spiro atoms. The van der Waals surface area contributed by atoms with Gasteiger partial charge in [0.1, 0.15) is 0 Å². The summed E-state index contributed by atoms with van der Waals surface area (Å²) in [6, 6.07) is 24.3. The van der Waals surface area contributed by atoms with Crippen LogP contribution in [0, 0.1) is 25.7 Å². The first kappa shape index (κ1) is 17.3. The molecule has 0 aliphatic heterocycles. The summed E-state index contributed by atoms with van der Waals surface area (Å²) in [6.45, 7) is 4.13. The van der Waals surface area contributed by atoms with E-state index in [1.54, 1.807) is 0 Å². The summed E-state index contributed by atoms with van der Waals surface area (Å²) in [6.07, 6.45) is 0. The lowest BCUT2D eigenvalue weighted by Crippen LogP contribution is -2.09. The Balaban J connectivity index is 2.03. The zero-order chi connectivity index (χ0) is 18.5. The minimum absolute atomic E-state index is 0.670. The lowest BCUT2D eigenvalue weighted by atomic mass is 10.1. The average Bonchev–Trinajstić information content (AvgIpc) is 2.64. The minimum atomic E-state index is -1.13. The van der Waals surface area contributed by atoms with E-state index < -0.39 is 5.97 Å². The van der Waals surface area contributed by atoms with Crippen LogP contribution in [0.1, 0.15) is 16.7 Å². The molecule has 3 aromatic carbocycles. The van der Waals surface area contributed by atoms with Crippen LogP contribution in [0.5, 0.6) is 0 Å². The highest BCUT2D eigenvalue weighted by molar-refractivity contribution is 5.87. The molecule has 0 amide bonds. The summed E-state index contributed by atoms with van der Waals surface area (Å²) < 4.78 is 0. The van der Waals surface area contributed by atoms with E-state index in [2.05, 4.69) is 79.1 Å². The number of aliphatic carboxylic acids is 1. The number of hydrogen-bond donors (Lipinski definition) is 1. The van der Waals surface area contributed by atoms with E-state index in [0.29, 0.717) is 5.56 Å². The summed E-state index contributed by atoms with van der Waals surface area (Å²) in [5, 5.41) is 8.68. The topological polar surface area (TPSA) is 40.5 Å². The van der Waals surface area contributed by atoms with Gasteiger partial charge in [0, 0.05) is 28.5 Å². The predicted molar refractivity (Wildman–Crippen MR) is 105 cm³/mol. The minimum Gasteiger partial charge on any atom is -0.472 e. The third-order valence-electron chi connectivity index (χ3n) is 4.02. The Morgan fingerprint density at radius 1 is 0.731 bits per heavy atom. The van der Waals surface area contributed by atoms with E-state index in [4.69, 9.17) is 5.11 Å². The van der Waals surface area contributed by atoms with E-state index in [9.17, 15) is 4.79 Å². The summed E-state index contributed by atoms with van der Waals surface area (Å²) >= 11 is 0. The van der Waals surface area contributed by atoms with E-state index in [0.717, 1.165) is 17.1 Å². The predicted octanol–water partition coefficient (Wildman–Crippen LogP) is 5.21. The Hall–Kier alpha value is -3.51. The van der Waals surface area contributed by atoms with Gasteiger partial charge in [0.05, 0.1) is 0 Å². The maximum Gasteiger partial charge on any atom is 0.382 e. The SMILES string of the molecule is Cc1ccc(N(c2ccc(C)cc2)c2ccc(C#CC(=O)O)cc2)cc1. The Bertz CT molecular complexity index is 914. The van der Waals surface area contributed by atoms with Gasteiger partial charge in [-0.2, -0.15) is 0 Å². The van der Waals surface area contributed by atoms with Gasteiger partial charge in [-0.15, -0.1) is 0 Å². The fourth-order valence-electron chi connectivity index (χ4n) is 2.65. The lowest BCUT2D eigenvalue weighted by Gasteiger charge is -2.25. The number of carboxylic acid groups (broad SMARTS) is 1. The molecule has 3 nitrogen and oxygen atoms in total. The molecule has 0 radical (unpaired) electrons. The second-order valence-electron chi connectivity index (χ2n) is 6.11. The van der Waals surface area contributed by atoms with Crippen LogP contribution >= 0.6 is 0 Å². The van der Waals surface area contributed by atoms with Gasteiger partial charge in [0.15, 0.2) is 0 Å². The van der Waals surface area contributed by atoms with E-state index >= 15 is 0 Å². The number of carbonyl (C=O) groups is 1. The molecule has 0 aliphatic carbocycles. The Kier molecular flexibility index (Phi) is 5.05. The zero-order valence-corrected chi connectivity index (χ0v) is 14.7. The first-order valence-corrected chi connectivity index (χ1v) is 8.31. The largest absolute Gasteiger partial charge is 0.472 e. The molecule has 1 N–H and O–H groups in total. The van der Waals surface area contributed by atoms with Crippen LogP contribution in [-0.2, 0) is 4.79 Å². The number of anilines is 3. The lowest BCUT2D eigenvalue weighted by molar-refractivity contribution is -0.130. The van der Waals surface area contributed by atoms with Crippen LogP contribution in [0.25, 0.3) is 0 Å². The molecule has 0 unspecified atom stereocenters. The third-order valence-corrected chi connectivity index (χ3v) is 4.02. The second kappa shape index (κ2) is 7.58. The van der Waals surface area contributed by atoms with Gasteiger partial charge in [0.2, 0.25) is 0 Å². The molecule has 128 valence electrons. The molecular weight excluding hydrogens is 322 g/mol. The maximum atomic E-state index is 10.6. The molecule has 26 heavy (non-hydrogen) atoms. The molecule has 0 aliphatic rings. The standard InChI is InChI=1S/C23H19NO2/c1-17-3-10-20(11-4-17)24(21-12-5-18(2)6-13-21)22-14-7-19(8-15-22)9-16-23(25)26/h3-8,10-15H,1-2H3,(H,25,26). The van der Waals surface area contributed by atoms with Crippen molar-refractivity contribution in [3.8, 4) is 11.8 Å². The molecule has 3 heteroatoms. The average molecular weight is 341 g/mol. The third kappa shape index (κ3) is 4.12. The molecule has 0 saturated heterocycles. The highest BCUT2D eigenvalue weighted by Gasteiger charge is 2.12. The van der Waals surface area contributed by atoms with Crippen molar-refractivity contribution in [2.75, 3.05) is 4.90 Å². The summed E-state index contributed by atoms with van der Waals surface area (Å²) in [7, 11) is 0. The molecule has 0 heterocycles.